The smallest absolute Gasteiger partial charge is 0.297 e. The van der Waals surface area contributed by atoms with Gasteiger partial charge in [-0.25, -0.2) is 0 Å². The number of hydrogen-bond acceptors (Lipinski definition) is 8. The first-order chi connectivity index (χ1) is 17.3. The van der Waals surface area contributed by atoms with Gasteiger partial charge in [0.15, 0.2) is 16.9 Å². The molecule has 0 bridgehead atoms. The molecule has 1 amide bonds. The first kappa shape index (κ1) is 24.0. The Labute approximate surface area is 212 Å². The van der Waals surface area contributed by atoms with E-state index in [1.807, 2.05) is 32.0 Å². The lowest BCUT2D eigenvalue weighted by Crippen LogP contribution is -2.29. The molecule has 1 unspecified atom stereocenters. The van der Waals surface area contributed by atoms with Crippen LogP contribution in [0.25, 0.3) is 11.0 Å². The first-order valence-corrected chi connectivity index (χ1v) is 12.7. The lowest BCUT2D eigenvalue weighted by molar-refractivity contribution is 0.0970. The average molecular weight is 506 g/mol. The highest BCUT2D eigenvalue weighted by molar-refractivity contribution is 7.15. The summed E-state index contributed by atoms with van der Waals surface area (Å²) < 4.78 is 17.6. The van der Waals surface area contributed by atoms with E-state index in [0.29, 0.717) is 52.1 Å². The molecule has 5 rings (SSSR count). The Morgan fingerprint density at radius 2 is 1.92 bits per heavy atom. The fourth-order valence-electron chi connectivity index (χ4n) is 4.31. The molecule has 36 heavy (non-hydrogen) atoms. The van der Waals surface area contributed by atoms with Crippen molar-refractivity contribution in [3.05, 3.63) is 74.1 Å². The number of ether oxygens (including phenoxy) is 2. The fraction of sp³-hybridized carbons (Fsp3) is 0.333. The van der Waals surface area contributed by atoms with Crippen LogP contribution in [0.3, 0.4) is 0 Å². The summed E-state index contributed by atoms with van der Waals surface area (Å²) >= 11 is 1.32. The molecule has 1 aliphatic heterocycles. The van der Waals surface area contributed by atoms with Gasteiger partial charge in [0.25, 0.3) is 5.91 Å². The summed E-state index contributed by atoms with van der Waals surface area (Å²) in [7, 11) is 1.57. The summed E-state index contributed by atoms with van der Waals surface area (Å²) in [4.78, 5) is 29.0. The highest BCUT2D eigenvalue weighted by Crippen LogP contribution is 2.44. The predicted molar refractivity (Wildman–Crippen MR) is 138 cm³/mol. The van der Waals surface area contributed by atoms with Crippen LogP contribution in [0.1, 0.15) is 59.1 Å². The normalized spacial score (nSPS) is 15.1. The number of carbonyl (C=O) groups is 1. The maximum Gasteiger partial charge on any atom is 0.297 e. The van der Waals surface area contributed by atoms with E-state index < -0.39 is 11.9 Å². The van der Waals surface area contributed by atoms with Gasteiger partial charge in [-0.2, -0.15) is 0 Å². The average Bonchev–Trinajstić information content (AvgIpc) is 3.45. The number of rotatable bonds is 7. The van der Waals surface area contributed by atoms with Crippen molar-refractivity contribution in [3.8, 4) is 11.5 Å². The number of fused-ring (bicyclic) bond motifs is 2. The molecule has 4 aromatic rings. The summed E-state index contributed by atoms with van der Waals surface area (Å²) in [6.45, 7) is 8.56. The first-order valence-electron chi connectivity index (χ1n) is 11.9. The Morgan fingerprint density at radius 1 is 1.11 bits per heavy atom. The molecular formula is C27H27N3O5S. The molecule has 0 N–H and O–H groups in total. The van der Waals surface area contributed by atoms with Crippen LogP contribution < -0.4 is 19.8 Å². The van der Waals surface area contributed by atoms with E-state index in [0.717, 1.165) is 10.6 Å². The molecule has 0 saturated carbocycles. The molecule has 0 spiro atoms. The Balaban J connectivity index is 1.72. The van der Waals surface area contributed by atoms with Crippen LogP contribution in [0.5, 0.6) is 11.5 Å². The zero-order valence-corrected chi connectivity index (χ0v) is 21.6. The summed E-state index contributed by atoms with van der Waals surface area (Å²) in [5.41, 5.74) is 2.03. The quantitative estimate of drug-likeness (QED) is 0.336. The van der Waals surface area contributed by atoms with Crippen molar-refractivity contribution in [1.29, 1.82) is 0 Å². The number of methoxy groups -OCH3 is 1. The Bertz CT molecular complexity index is 1520. The third-order valence-corrected chi connectivity index (χ3v) is 7.13. The summed E-state index contributed by atoms with van der Waals surface area (Å²) in [5, 5.41) is 10.1. The van der Waals surface area contributed by atoms with E-state index in [4.69, 9.17) is 13.9 Å². The predicted octanol–water partition coefficient (Wildman–Crippen LogP) is 5.31. The fourth-order valence-corrected chi connectivity index (χ4v) is 5.12. The topological polar surface area (TPSA) is 94.8 Å². The maximum absolute atomic E-state index is 13.8. The van der Waals surface area contributed by atoms with Crippen molar-refractivity contribution in [2.75, 3.05) is 18.6 Å². The lowest BCUT2D eigenvalue weighted by Gasteiger charge is -2.23. The van der Waals surface area contributed by atoms with Gasteiger partial charge in [-0.1, -0.05) is 49.8 Å². The lowest BCUT2D eigenvalue weighted by atomic mass is 9.98. The van der Waals surface area contributed by atoms with Crippen LogP contribution in [-0.4, -0.2) is 29.8 Å². The van der Waals surface area contributed by atoms with Crippen molar-refractivity contribution >= 4 is 33.3 Å². The minimum Gasteiger partial charge on any atom is -0.493 e. The second-order valence-electron chi connectivity index (χ2n) is 9.20. The number of aryl methyl sites for hydroxylation is 2. The number of aromatic nitrogens is 2. The molecule has 0 fully saturated rings. The standard InChI is InChI=1S/C27H27N3O5S/c1-6-21-28-29-27(36-21)30-23(16-8-10-19(20(12-16)33-5)34-13-14(2)3)22-24(31)17-11-15(4)7-9-18(17)35-25(22)26(30)32/h7-12,14,23H,6,13H2,1-5H3. The number of carbonyl (C=O) groups excluding carboxylic acids is 1. The molecule has 3 heterocycles. The second kappa shape index (κ2) is 9.39. The number of hydrogen-bond donors (Lipinski definition) is 0. The highest BCUT2D eigenvalue weighted by atomic mass is 32.1. The number of anilines is 1. The van der Waals surface area contributed by atoms with Crippen molar-refractivity contribution < 1.29 is 18.7 Å². The van der Waals surface area contributed by atoms with Crippen LogP contribution >= 0.6 is 11.3 Å². The molecule has 9 heteroatoms. The molecule has 0 saturated heterocycles. The molecule has 1 aliphatic rings. The maximum atomic E-state index is 13.8. The zero-order chi connectivity index (χ0) is 25.6. The van der Waals surface area contributed by atoms with E-state index in [2.05, 4.69) is 24.0 Å². The third kappa shape index (κ3) is 4.03. The molecule has 1 atom stereocenters. The van der Waals surface area contributed by atoms with Crippen molar-refractivity contribution in [2.45, 2.75) is 40.2 Å². The van der Waals surface area contributed by atoms with Gasteiger partial charge in [0.1, 0.15) is 10.6 Å². The molecule has 0 aliphatic carbocycles. The Hall–Kier alpha value is -3.72. The summed E-state index contributed by atoms with van der Waals surface area (Å²) in [5.74, 6) is 1.05. The minimum atomic E-state index is -0.751. The Morgan fingerprint density at radius 3 is 2.61 bits per heavy atom. The van der Waals surface area contributed by atoms with Crippen molar-refractivity contribution in [3.63, 3.8) is 0 Å². The molecule has 8 nitrogen and oxygen atoms in total. The van der Waals surface area contributed by atoms with E-state index in [1.54, 1.807) is 25.3 Å². The van der Waals surface area contributed by atoms with Crippen LogP contribution in [0, 0.1) is 12.8 Å². The number of benzene rings is 2. The van der Waals surface area contributed by atoms with Gasteiger partial charge in [0.2, 0.25) is 10.9 Å². The number of amides is 1. The number of nitrogens with zero attached hydrogens (tertiary/aromatic N) is 3. The summed E-state index contributed by atoms with van der Waals surface area (Å²) in [6.07, 6.45) is 0.688. The van der Waals surface area contributed by atoms with E-state index in [1.165, 1.54) is 16.2 Å². The third-order valence-electron chi connectivity index (χ3n) is 6.07. The molecular weight excluding hydrogens is 478 g/mol. The van der Waals surface area contributed by atoms with Gasteiger partial charge in [0, 0.05) is 0 Å². The van der Waals surface area contributed by atoms with Crippen molar-refractivity contribution in [1.82, 2.24) is 10.2 Å². The molecule has 186 valence electrons. The highest BCUT2D eigenvalue weighted by Gasteiger charge is 2.45. The zero-order valence-electron chi connectivity index (χ0n) is 20.8. The van der Waals surface area contributed by atoms with Gasteiger partial charge >= 0.3 is 0 Å². The van der Waals surface area contributed by atoms with Crippen LogP contribution in [-0.2, 0) is 6.42 Å². The van der Waals surface area contributed by atoms with Crippen LogP contribution in [0.2, 0.25) is 0 Å². The van der Waals surface area contributed by atoms with E-state index >= 15 is 0 Å². The molecule has 2 aromatic heterocycles. The molecule has 0 radical (unpaired) electrons. The van der Waals surface area contributed by atoms with Gasteiger partial charge < -0.3 is 13.9 Å². The van der Waals surface area contributed by atoms with E-state index in [-0.39, 0.29) is 16.8 Å². The summed E-state index contributed by atoms with van der Waals surface area (Å²) in [6, 6.07) is 10.1. The van der Waals surface area contributed by atoms with Crippen LogP contribution in [0.4, 0.5) is 5.13 Å². The second-order valence-corrected chi connectivity index (χ2v) is 10.2. The Kier molecular flexibility index (Phi) is 6.26. The SMILES string of the molecule is CCc1nnc(N2C(=O)c3oc4ccc(C)cc4c(=O)c3C2c2ccc(OCC(C)C)c(OC)c2)s1. The van der Waals surface area contributed by atoms with Crippen LogP contribution in [0.15, 0.2) is 45.6 Å². The van der Waals surface area contributed by atoms with Gasteiger partial charge in [-0.15, -0.1) is 10.2 Å². The van der Waals surface area contributed by atoms with E-state index in [9.17, 15) is 9.59 Å². The molecule has 2 aromatic carbocycles. The van der Waals surface area contributed by atoms with Gasteiger partial charge in [0.05, 0.1) is 30.7 Å². The largest absolute Gasteiger partial charge is 0.493 e. The van der Waals surface area contributed by atoms with Crippen molar-refractivity contribution in [2.24, 2.45) is 5.92 Å². The van der Waals surface area contributed by atoms with Gasteiger partial charge in [-0.3, -0.25) is 14.5 Å². The minimum absolute atomic E-state index is 0.0219. The van der Waals surface area contributed by atoms with Gasteiger partial charge in [-0.05, 0) is 49.1 Å². The monoisotopic (exact) mass is 505 g/mol.